The number of hydrogen-bond acceptors (Lipinski definition) is 2. The number of rotatable bonds is 2. The number of ether oxygens (including phenoxy) is 1. The lowest BCUT2D eigenvalue weighted by molar-refractivity contribution is 0.172. The van der Waals surface area contributed by atoms with E-state index >= 15 is 0 Å². The van der Waals surface area contributed by atoms with Crippen molar-refractivity contribution in [2.24, 2.45) is 0 Å². The number of anilines is 1. The molecule has 5 heteroatoms. The Labute approximate surface area is 134 Å². The summed E-state index contributed by atoms with van der Waals surface area (Å²) in [5.74, 6) is 0.848. The van der Waals surface area contributed by atoms with E-state index in [-0.39, 0.29) is 12.1 Å². The molecule has 0 aromatic heterocycles. The van der Waals surface area contributed by atoms with Crippen LogP contribution in [0.3, 0.4) is 0 Å². The Morgan fingerprint density at radius 3 is 2.91 bits per heavy atom. The minimum atomic E-state index is -0.163. The maximum atomic E-state index is 12.5. The number of nitrogens with one attached hydrogen (secondary N) is 1. The van der Waals surface area contributed by atoms with Gasteiger partial charge < -0.3 is 15.0 Å². The predicted molar refractivity (Wildman–Crippen MR) is 87.5 cm³/mol. The second-order valence-corrected chi connectivity index (χ2v) is 5.68. The fraction of sp³-hybridized carbons (Fsp3) is 0.235. The van der Waals surface area contributed by atoms with Gasteiger partial charge in [0.1, 0.15) is 5.75 Å². The van der Waals surface area contributed by atoms with Crippen molar-refractivity contribution in [3.8, 4) is 5.75 Å². The van der Waals surface area contributed by atoms with Gasteiger partial charge in [0.05, 0.1) is 12.6 Å². The predicted octanol–water partition coefficient (Wildman–Crippen LogP) is 4.33. The SMILES string of the molecule is CN(C(=O)Nc1cccc(Cl)c1)C1CCOc2ccccc21. The van der Waals surface area contributed by atoms with Crippen LogP contribution in [0.1, 0.15) is 18.0 Å². The molecule has 1 atom stereocenters. The number of hydrogen-bond donors (Lipinski definition) is 1. The van der Waals surface area contributed by atoms with Crippen molar-refractivity contribution in [2.45, 2.75) is 12.5 Å². The van der Waals surface area contributed by atoms with E-state index in [0.717, 1.165) is 17.7 Å². The largest absolute Gasteiger partial charge is 0.493 e. The zero-order valence-electron chi connectivity index (χ0n) is 12.3. The van der Waals surface area contributed by atoms with Crippen LogP contribution in [0.5, 0.6) is 5.75 Å². The fourth-order valence-corrected chi connectivity index (χ4v) is 2.84. The van der Waals surface area contributed by atoms with Crippen LogP contribution in [0, 0.1) is 0 Å². The second-order valence-electron chi connectivity index (χ2n) is 5.24. The summed E-state index contributed by atoms with van der Waals surface area (Å²) in [5.41, 5.74) is 1.72. The monoisotopic (exact) mass is 316 g/mol. The number of para-hydroxylation sites is 1. The van der Waals surface area contributed by atoms with Gasteiger partial charge in [0.2, 0.25) is 0 Å². The zero-order chi connectivity index (χ0) is 15.5. The number of benzene rings is 2. The third-order valence-electron chi connectivity index (χ3n) is 3.79. The Morgan fingerprint density at radius 1 is 1.27 bits per heavy atom. The van der Waals surface area contributed by atoms with Gasteiger partial charge in [0, 0.05) is 29.7 Å². The third kappa shape index (κ3) is 3.02. The normalized spacial score (nSPS) is 16.4. The molecule has 22 heavy (non-hydrogen) atoms. The van der Waals surface area contributed by atoms with Gasteiger partial charge in [-0.2, -0.15) is 0 Å². The maximum Gasteiger partial charge on any atom is 0.322 e. The van der Waals surface area contributed by atoms with E-state index in [1.165, 1.54) is 0 Å². The standard InChI is InChI=1S/C17H17ClN2O2/c1-20(17(21)19-13-6-4-5-12(18)11-13)15-9-10-22-16-8-3-2-7-14(15)16/h2-8,11,15H,9-10H2,1H3,(H,19,21). The van der Waals surface area contributed by atoms with Crippen molar-refractivity contribution in [3.05, 3.63) is 59.1 Å². The molecule has 0 radical (unpaired) electrons. The van der Waals surface area contributed by atoms with Gasteiger partial charge >= 0.3 is 6.03 Å². The fourth-order valence-electron chi connectivity index (χ4n) is 2.64. The first-order valence-electron chi connectivity index (χ1n) is 7.16. The molecule has 4 nitrogen and oxygen atoms in total. The van der Waals surface area contributed by atoms with Gasteiger partial charge in [-0.25, -0.2) is 4.79 Å². The maximum absolute atomic E-state index is 12.5. The number of fused-ring (bicyclic) bond motifs is 1. The molecule has 2 aromatic rings. The molecule has 1 N–H and O–H groups in total. The summed E-state index contributed by atoms with van der Waals surface area (Å²) in [6, 6.07) is 14.8. The number of halogens is 1. The lowest BCUT2D eigenvalue weighted by Crippen LogP contribution is -2.37. The van der Waals surface area contributed by atoms with Crippen LogP contribution in [0.25, 0.3) is 0 Å². The topological polar surface area (TPSA) is 41.6 Å². The molecule has 2 aromatic carbocycles. The van der Waals surface area contributed by atoms with E-state index in [1.807, 2.05) is 36.4 Å². The van der Waals surface area contributed by atoms with E-state index in [9.17, 15) is 4.79 Å². The van der Waals surface area contributed by atoms with E-state index < -0.39 is 0 Å². The zero-order valence-corrected chi connectivity index (χ0v) is 13.0. The number of nitrogens with zero attached hydrogens (tertiary/aromatic N) is 1. The number of urea groups is 1. The molecule has 3 rings (SSSR count). The number of carbonyl (C=O) groups is 1. The third-order valence-corrected chi connectivity index (χ3v) is 4.03. The van der Waals surface area contributed by atoms with Crippen molar-refractivity contribution < 1.29 is 9.53 Å². The summed E-state index contributed by atoms with van der Waals surface area (Å²) < 4.78 is 5.64. The summed E-state index contributed by atoms with van der Waals surface area (Å²) in [4.78, 5) is 14.2. The van der Waals surface area contributed by atoms with Crippen molar-refractivity contribution in [1.29, 1.82) is 0 Å². The molecule has 1 aliphatic heterocycles. The molecule has 0 fully saturated rings. The molecular weight excluding hydrogens is 300 g/mol. The molecule has 1 heterocycles. The van der Waals surface area contributed by atoms with E-state index in [0.29, 0.717) is 17.3 Å². The summed E-state index contributed by atoms with van der Waals surface area (Å²) in [7, 11) is 1.80. The van der Waals surface area contributed by atoms with Crippen molar-refractivity contribution in [2.75, 3.05) is 19.0 Å². The average Bonchev–Trinajstić information content (AvgIpc) is 2.53. The minimum Gasteiger partial charge on any atom is -0.493 e. The first kappa shape index (κ1) is 14.7. The number of amides is 2. The van der Waals surface area contributed by atoms with Gasteiger partial charge in [-0.3, -0.25) is 0 Å². The van der Waals surface area contributed by atoms with Gasteiger partial charge in [-0.05, 0) is 24.3 Å². The summed E-state index contributed by atoms with van der Waals surface area (Å²) in [6.45, 7) is 0.608. The van der Waals surface area contributed by atoms with Crippen molar-refractivity contribution in [3.63, 3.8) is 0 Å². The molecular formula is C17H17ClN2O2. The van der Waals surface area contributed by atoms with Crippen molar-refractivity contribution in [1.82, 2.24) is 4.90 Å². The lowest BCUT2D eigenvalue weighted by Gasteiger charge is -2.33. The Kier molecular flexibility index (Phi) is 4.20. The van der Waals surface area contributed by atoms with E-state index in [1.54, 1.807) is 24.1 Å². The first-order valence-corrected chi connectivity index (χ1v) is 7.54. The highest BCUT2D eigenvalue weighted by Crippen LogP contribution is 2.35. The van der Waals surface area contributed by atoms with E-state index in [4.69, 9.17) is 16.3 Å². The van der Waals surface area contributed by atoms with Crippen LogP contribution in [-0.2, 0) is 0 Å². The van der Waals surface area contributed by atoms with Crippen LogP contribution in [0.2, 0.25) is 5.02 Å². The van der Waals surface area contributed by atoms with Crippen LogP contribution in [0.4, 0.5) is 10.5 Å². The smallest absolute Gasteiger partial charge is 0.322 e. The lowest BCUT2D eigenvalue weighted by atomic mass is 9.99. The Morgan fingerprint density at radius 2 is 2.09 bits per heavy atom. The average molecular weight is 317 g/mol. The summed E-state index contributed by atoms with van der Waals surface area (Å²) >= 11 is 5.94. The summed E-state index contributed by atoms with van der Waals surface area (Å²) in [6.07, 6.45) is 0.774. The van der Waals surface area contributed by atoms with Gasteiger partial charge in [-0.15, -0.1) is 0 Å². The van der Waals surface area contributed by atoms with Gasteiger partial charge in [0.15, 0.2) is 0 Å². The van der Waals surface area contributed by atoms with Crippen LogP contribution >= 0.6 is 11.6 Å². The first-order chi connectivity index (χ1) is 10.6. The highest BCUT2D eigenvalue weighted by atomic mass is 35.5. The molecule has 0 bridgehead atoms. The van der Waals surface area contributed by atoms with E-state index in [2.05, 4.69) is 5.32 Å². The molecule has 0 saturated heterocycles. The molecule has 1 unspecified atom stereocenters. The van der Waals surface area contributed by atoms with Crippen LogP contribution in [0.15, 0.2) is 48.5 Å². The Bertz CT molecular complexity index is 690. The minimum absolute atomic E-state index is 0.00383. The highest BCUT2D eigenvalue weighted by Gasteiger charge is 2.27. The summed E-state index contributed by atoms with van der Waals surface area (Å²) in [5, 5.41) is 3.47. The van der Waals surface area contributed by atoms with Crippen molar-refractivity contribution >= 4 is 23.3 Å². The Hall–Kier alpha value is -2.20. The molecule has 2 amide bonds. The molecule has 1 aliphatic rings. The highest BCUT2D eigenvalue weighted by molar-refractivity contribution is 6.30. The molecule has 0 spiro atoms. The van der Waals surface area contributed by atoms with Crippen LogP contribution < -0.4 is 10.1 Å². The van der Waals surface area contributed by atoms with Gasteiger partial charge in [-0.1, -0.05) is 35.9 Å². The molecule has 0 saturated carbocycles. The second kappa shape index (κ2) is 6.28. The Balaban J connectivity index is 1.77. The molecule has 0 aliphatic carbocycles. The van der Waals surface area contributed by atoms with Crippen LogP contribution in [-0.4, -0.2) is 24.6 Å². The van der Waals surface area contributed by atoms with Gasteiger partial charge in [0.25, 0.3) is 0 Å². The molecule has 114 valence electrons. The quantitative estimate of drug-likeness (QED) is 0.896. The number of carbonyl (C=O) groups excluding carboxylic acids is 1.